The number of ether oxygens (including phenoxy) is 1. The van der Waals surface area contributed by atoms with Crippen LogP contribution in [0.5, 0.6) is 0 Å². The van der Waals surface area contributed by atoms with Crippen LogP contribution in [0.25, 0.3) is 0 Å². The van der Waals surface area contributed by atoms with Gasteiger partial charge in [-0.2, -0.15) is 0 Å². The molecule has 0 aliphatic heterocycles. The summed E-state index contributed by atoms with van der Waals surface area (Å²) in [4.78, 5) is 17.1. The third-order valence-electron chi connectivity index (χ3n) is 4.95. The zero-order chi connectivity index (χ0) is 22.1. The summed E-state index contributed by atoms with van der Waals surface area (Å²) in [6, 6.07) is 17.4. The highest BCUT2D eigenvalue weighted by Gasteiger charge is 2.32. The van der Waals surface area contributed by atoms with E-state index in [9.17, 15) is 15.0 Å². The van der Waals surface area contributed by atoms with Crippen LogP contribution in [0.2, 0.25) is 0 Å². The topological polar surface area (TPSA) is 118 Å². The summed E-state index contributed by atoms with van der Waals surface area (Å²) in [5.74, 6) is 0. The summed E-state index contributed by atoms with van der Waals surface area (Å²) in [6.07, 6.45) is -0.872. The van der Waals surface area contributed by atoms with Gasteiger partial charge in [-0.05, 0) is 24.0 Å². The number of alkyl carbamates (subject to hydrolysis) is 1. The van der Waals surface area contributed by atoms with Gasteiger partial charge < -0.3 is 26.0 Å². The molecule has 0 bridgehead atoms. The van der Waals surface area contributed by atoms with Crippen molar-refractivity contribution in [1.29, 1.82) is 0 Å². The van der Waals surface area contributed by atoms with Crippen LogP contribution in [0, 0.1) is 0 Å². The maximum atomic E-state index is 12.4. The number of aliphatic hydroxyl groups is 2. The zero-order valence-electron chi connectivity index (χ0n) is 17.0. The van der Waals surface area contributed by atoms with E-state index < -0.39 is 30.4 Å². The summed E-state index contributed by atoms with van der Waals surface area (Å²) in [5, 5.41) is 24.3. The molecule has 0 radical (unpaired) electrons. The molecule has 0 spiro atoms. The zero-order valence-corrected chi connectivity index (χ0v) is 17.8. The Morgan fingerprint density at radius 3 is 2.19 bits per heavy atom. The number of carbonyl (C=O) groups is 1. The Labute approximate surface area is 185 Å². The van der Waals surface area contributed by atoms with Crippen molar-refractivity contribution in [2.24, 2.45) is 5.73 Å². The molecule has 0 aliphatic rings. The predicted molar refractivity (Wildman–Crippen MR) is 120 cm³/mol. The average Bonchev–Trinajstić information content (AvgIpc) is 3.31. The summed E-state index contributed by atoms with van der Waals surface area (Å²) in [7, 11) is 0. The number of hydrogen-bond donors (Lipinski definition) is 4. The standard InChI is InChI=1S/C23H27N3O4S/c24-19(11-16-7-3-1-4-8-16)21(27)22(28)20(12-17-9-5-2-6-10-17)26-23(29)30-14-18-13-25-15-31-18/h1-10,13,15,19-22,27-28H,11-12,14,24H2,(H,26,29)/t19-,20-,21+,22-/m0/s1. The lowest BCUT2D eigenvalue weighted by Gasteiger charge is -2.30. The molecule has 3 rings (SSSR count). The van der Waals surface area contributed by atoms with E-state index in [4.69, 9.17) is 10.5 Å². The van der Waals surface area contributed by atoms with Crippen molar-refractivity contribution in [2.45, 2.75) is 43.7 Å². The number of aromatic nitrogens is 1. The highest BCUT2D eigenvalue weighted by molar-refractivity contribution is 7.09. The van der Waals surface area contributed by atoms with Crippen LogP contribution in [0.1, 0.15) is 16.0 Å². The molecule has 7 nitrogen and oxygen atoms in total. The first-order valence-corrected chi connectivity index (χ1v) is 10.9. The van der Waals surface area contributed by atoms with Crippen LogP contribution in [0.4, 0.5) is 4.79 Å². The van der Waals surface area contributed by atoms with Gasteiger partial charge in [-0.1, -0.05) is 60.7 Å². The predicted octanol–water partition coefficient (Wildman–Crippen LogP) is 2.27. The van der Waals surface area contributed by atoms with Crippen LogP contribution < -0.4 is 11.1 Å². The van der Waals surface area contributed by atoms with E-state index in [0.717, 1.165) is 16.0 Å². The van der Waals surface area contributed by atoms with Gasteiger partial charge in [0.2, 0.25) is 0 Å². The Kier molecular flexibility index (Phi) is 8.54. The number of amides is 1. The van der Waals surface area contributed by atoms with Crippen molar-refractivity contribution >= 4 is 17.4 Å². The van der Waals surface area contributed by atoms with Crippen molar-refractivity contribution < 1.29 is 19.7 Å². The van der Waals surface area contributed by atoms with Gasteiger partial charge in [0, 0.05) is 12.2 Å². The Hall–Kier alpha value is -2.78. The first-order chi connectivity index (χ1) is 15.0. The van der Waals surface area contributed by atoms with Gasteiger partial charge in [0.25, 0.3) is 0 Å². The Morgan fingerprint density at radius 2 is 1.61 bits per heavy atom. The van der Waals surface area contributed by atoms with Crippen molar-refractivity contribution in [2.75, 3.05) is 0 Å². The number of hydrogen-bond acceptors (Lipinski definition) is 7. The average molecular weight is 442 g/mol. The summed E-state index contributed by atoms with van der Waals surface area (Å²) in [5.41, 5.74) is 9.69. The molecule has 5 N–H and O–H groups in total. The molecule has 0 unspecified atom stereocenters. The molecule has 2 aromatic carbocycles. The molecular weight excluding hydrogens is 414 g/mol. The fraction of sp³-hybridized carbons (Fsp3) is 0.304. The molecule has 1 heterocycles. The van der Waals surface area contributed by atoms with Crippen LogP contribution in [0.15, 0.2) is 72.4 Å². The molecule has 0 fully saturated rings. The molecule has 1 amide bonds. The SMILES string of the molecule is N[C@@H](Cc1ccccc1)[C@@H](O)[C@@H](O)[C@H](Cc1ccccc1)NC(=O)OCc1cncs1. The van der Waals surface area contributed by atoms with E-state index in [-0.39, 0.29) is 6.61 Å². The highest BCUT2D eigenvalue weighted by atomic mass is 32.1. The minimum atomic E-state index is -1.28. The van der Waals surface area contributed by atoms with E-state index in [2.05, 4.69) is 10.3 Å². The monoisotopic (exact) mass is 441 g/mol. The van der Waals surface area contributed by atoms with Crippen LogP contribution >= 0.6 is 11.3 Å². The fourth-order valence-corrected chi connectivity index (χ4v) is 3.77. The van der Waals surface area contributed by atoms with Crippen LogP contribution in [-0.2, 0) is 24.2 Å². The molecule has 1 aromatic heterocycles. The van der Waals surface area contributed by atoms with Crippen molar-refractivity contribution in [3.05, 3.63) is 88.4 Å². The van der Waals surface area contributed by atoms with Gasteiger partial charge in [0.15, 0.2) is 0 Å². The molecule has 8 heteroatoms. The number of nitrogens with one attached hydrogen (secondary N) is 1. The highest BCUT2D eigenvalue weighted by Crippen LogP contribution is 2.14. The van der Waals surface area contributed by atoms with Gasteiger partial charge in [-0.15, -0.1) is 11.3 Å². The second-order valence-electron chi connectivity index (χ2n) is 7.32. The number of nitrogens with two attached hydrogens (primary N) is 1. The van der Waals surface area contributed by atoms with Crippen LogP contribution in [-0.4, -0.2) is 45.6 Å². The Morgan fingerprint density at radius 1 is 1.00 bits per heavy atom. The number of aliphatic hydroxyl groups excluding tert-OH is 2. The lowest BCUT2D eigenvalue weighted by atomic mass is 9.92. The van der Waals surface area contributed by atoms with Gasteiger partial charge in [0.05, 0.1) is 22.5 Å². The van der Waals surface area contributed by atoms with Gasteiger partial charge >= 0.3 is 6.09 Å². The van der Waals surface area contributed by atoms with Crippen molar-refractivity contribution in [1.82, 2.24) is 10.3 Å². The maximum absolute atomic E-state index is 12.4. The third-order valence-corrected chi connectivity index (χ3v) is 5.70. The van der Waals surface area contributed by atoms with E-state index in [0.29, 0.717) is 12.8 Å². The van der Waals surface area contributed by atoms with Crippen LogP contribution in [0.3, 0.4) is 0 Å². The second kappa shape index (κ2) is 11.6. The molecule has 0 saturated carbocycles. The van der Waals surface area contributed by atoms with Crippen molar-refractivity contribution in [3.8, 4) is 0 Å². The third kappa shape index (κ3) is 7.15. The van der Waals surface area contributed by atoms with Gasteiger partial charge in [-0.25, -0.2) is 4.79 Å². The van der Waals surface area contributed by atoms with E-state index in [1.54, 1.807) is 11.7 Å². The lowest BCUT2D eigenvalue weighted by Crippen LogP contribution is -2.55. The smallest absolute Gasteiger partial charge is 0.407 e. The molecule has 4 atom stereocenters. The number of thiazole rings is 1. The van der Waals surface area contributed by atoms with Gasteiger partial charge in [0.1, 0.15) is 12.7 Å². The summed E-state index contributed by atoms with van der Waals surface area (Å²) >= 11 is 1.38. The number of carbonyl (C=O) groups excluding carboxylic acids is 1. The second-order valence-corrected chi connectivity index (χ2v) is 8.29. The molecular formula is C23H27N3O4S. The lowest BCUT2D eigenvalue weighted by molar-refractivity contribution is -0.0172. The molecule has 3 aromatic rings. The largest absolute Gasteiger partial charge is 0.444 e. The van der Waals surface area contributed by atoms with E-state index >= 15 is 0 Å². The molecule has 0 aliphatic carbocycles. The van der Waals surface area contributed by atoms with E-state index in [1.165, 1.54) is 11.3 Å². The first kappa shape index (κ1) is 22.9. The Balaban J connectivity index is 1.65. The Bertz CT molecular complexity index is 909. The summed E-state index contributed by atoms with van der Waals surface area (Å²) in [6.45, 7) is 0.0841. The molecule has 164 valence electrons. The van der Waals surface area contributed by atoms with Crippen molar-refractivity contribution in [3.63, 3.8) is 0 Å². The maximum Gasteiger partial charge on any atom is 0.407 e. The minimum absolute atomic E-state index is 0.0841. The minimum Gasteiger partial charge on any atom is -0.444 e. The van der Waals surface area contributed by atoms with Gasteiger partial charge in [-0.3, -0.25) is 4.98 Å². The number of rotatable bonds is 10. The fourth-order valence-electron chi connectivity index (χ4n) is 3.27. The quantitative estimate of drug-likeness (QED) is 0.383. The van der Waals surface area contributed by atoms with E-state index in [1.807, 2.05) is 60.7 Å². The first-order valence-electron chi connectivity index (χ1n) is 10.0. The number of benzene rings is 2. The molecule has 0 saturated heterocycles. The summed E-state index contributed by atoms with van der Waals surface area (Å²) < 4.78 is 5.24. The normalized spacial score (nSPS) is 14.9. The number of nitrogens with zero attached hydrogens (tertiary/aromatic N) is 1. The molecule has 31 heavy (non-hydrogen) atoms.